The van der Waals surface area contributed by atoms with E-state index in [2.05, 4.69) is 31.0 Å². The van der Waals surface area contributed by atoms with Crippen LogP contribution in [0.3, 0.4) is 0 Å². The van der Waals surface area contributed by atoms with Crippen molar-refractivity contribution in [1.29, 1.82) is 0 Å². The van der Waals surface area contributed by atoms with Gasteiger partial charge in [-0.2, -0.15) is 0 Å². The number of anilines is 1. The van der Waals surface area contributed by atoms with E-state index in [1.165, 1.54) is 0 Å². The first kappa shape index (κ1) is 13.0. The molecule has 1 rings (SSSR count). The van der Waals surface area contributed by atoms with Gasteiger partial charge in [0, 0.05) is 18.8 Å². The van der Waals surface area contributed by atoms with Gasteiger partial charge in [-0.15, -0.1) is 0 Å². The molecule has 1 N–H and O–H groups in total. The van der Waals surface area contributed by atoms with Crippen LogP contribution in [-0.2, 0) is 0 Å². The van der Waals surface area contributed by atoms with Crippen LogP contribution in [0.25, 0.3) is 0 Å². The molecule has 0 saturated carbocycles. The molecule has 3 heteroatoms. The first-order valence-corrected chi connectivity index (χ1v) is 6.15. The summed E-state index contributed by atoms with van der Waals surface area (Å²) in [5.41, 5.74) is 1.05. The molecule has 1 aromatic rings. The summed E-state index contributed by atoms with van der Waals surface area (Å²) in [6.07, 6.45) is 0. The van der Waals surface area contributed by atoms with Gasteiger partial charge in [-0.3, -0.25) is 0 Å². The van der Waals surface area contributed by atoms with Gasteiger partial charge in [0.05, 0.1) is 0 Å². The second-order valence-electron chi connectivity index (χ2n) is 4.23. The lowest BCUT2D eigenvalue weighted by molar-refractivity contribution is 0.386. The van der Waals surface area contributed by atoms with Crippen molar-refractivity contribution in [2.24, 2.45) is 5.92 Å². The molecule has 0 aliphatic rings. The standard InChI is InChI=1S/C13H20N2S/c1-4-15(10-11(2)3)13(16)14-12-8-6-5-7-9-12/h5-9,11H,4,10H2,1-3H3,(H,14,16). The molecule has 2 nitrogen and oxygen atoms in total. The average Bonchev–Trinajstić information content (AvgIpc) is 2.26. The van der Waals surface area contributed by atoms with Crippen LogP contribution in [0.5, 0.6) is 0 Å². The van der Waals surface area contributed by atoms with Crippen molar-refractivity contribution in [2.75, 3.05) is 18.4 Å². The topological polar surface area (TPSA) is 15.3 Å². The van der Waals surface area contributed by atoms with Gasteiger partial charge in [0.1, 0.15) is 0 Å². The fourth-order valence-electron chi connectivity index (χ4n) is 1.52. The maximum atomic E-state index is 5.39. The maximum Gasteiger partial charge on any atom is 0.173 e. The number of nitrogens with zero attached hydrogens (tertiary/aromatic N) is 1. The molecule has 0 aromatic heterocycles. The van der Waals surface area contributed by atoms with E-state index in [4.69, 9.17) is 12.2 Å². The Bertz CT molecular complexity index is 322. The average molecular weight is 236 g/mol. The highest BCUT2D eigenvalue weighted by Crippen LogP contribution is 2.08. The van der Waals surface area contributed by atoms with E-state index in [0.29, 0.717) is 5.92 Å². The van der Waals surface area contributed by atoms with Crippen molar-refractivity contribution < 1.29 is 0 Å². The summed E-state index contributed by atoms with van der Waals surface area (Å²) < 4.78 is 0. The quantitative estimate of drug-likeness (QED) is 0.807. The van der Waals surface area contributed by atoms with Crippen LogP contribution in [0.1, 0.15) is 20.8 Å². The van der Waals surface area contributed by atoms with Gasteiger partial charge in [-0.25, -0.2) is 0 Å². The zero-order valence-corrected chi connectivity index (χ0v) is 11.1. The minimum atomic E-state index is 0.621. The molecule has 0 unspecified atom stereocenters. The molecule has 0 amide bonds. The first-order valence-electron chi connectivity index (χ1n) is 5.74. The van der Waals surface area contributed by atoms with Gasteiger partial charge >= 0.3 is 0 Å². The van der Waals surface area contributed by atoms with E-state index in [0.717, 1.165) is 23.9 Å². The fraction of sp³-hybridized carbons (Fsp3) is 0.462. The lowest BCUT2D eigenvalue weighted by Crippen LogP contribution is -2.37. The molecule has 0 bridgehead atoms. The van der Waals surface area contributed by atoms with Gasteiger partial charge in [-0.05, 0) is 37.2 Å². The Morgan fingerprint density at radius 1 is 1.31 bits per heavy atom. The van der Waals surface area contributed by atoms with Crippen molar-refractivity contribution >= 4 is 23.0 Å². The minimum Gasteiger partial charge on any atom is -0.349 e. The van der Waals surface area contributed by atoms with Crippen molar-refractivity contribution in [3.05, 3.63) is 30.3 Å². The SMILES string of the molecule is CCN(CC(C)C)C(=S)Nc1ccccc1. The molecule has 0 aliphatic heterocycles. The van der Waals surface area contributed by atoms with Crippen LogP contribution in [-0.4, -0.2) is 23.1 Å². The number of rotatable bonds is 4. The highest BCUT2D eigenvalue weighted by atomic mass is 32.1. The molecule has 0 fully saturated rings. The Hall–Kier alpha value is -1.09. The molecule has 1 aromatic carbocycles. The van der Waals surface area contributed by atoms with Gasteiger partial charge in [0.2, 0.25) is 0 Å². The van der Waals surface area contributed by atoms with Crippen LogP contribution in [0.4, 0.5) is 5.69 Å². The normalized spacial score (nSPS) is 10.2. The van der Waals surface area contributed by atoms with Crippen LogP contribution < -0.4 is 5.32 Å². The highest BCUT2D eigenvalue weighted by Gasteiger charge is 2.08. The highest BCUT2D eigenvalue weighted by molar-refractivity contribution is 7.80. The second kappa shape index (κ2) is 6.48. The first-order chi connectivity index (χ1) is 7.63. The van der Waals surface area contributed by atoms with Crippen molar-refractivity contribution in [1.82, 2.24) is 4.90 Å². The Balaban J connectivity index is 2.56. The molecule has 0 saturated heterocycles. The molecule has 0 radical (unpaired) electrons. The van der Waals surface area contributed by atoms with Crippen molar-refractivity contribution in [3.63, 3.8) is 0 Å². The number of thiocarbonyl (C=S) groups is 1. The Kier molecular flexibility index (Phi) is 5.26. The number of hydrogen-bond donors (Lipinski definition) is 1. The molecule has 0 atom stereocenters. The van der Waals surface area contributed by atoms with E-state index in [-0.39, 0.29) is 0 Å². The molecule has 0 heterocycles. The fourth-order valence-corrected chi connectivity index (χ4v) is 1.84. The van der Waals surface area contributed by atoms with E-state index in [1.54, 1.807) is 0 Å². The van der Waals surface area contributed by atoms with Gasteiger partial charge in [0.15, 0.2) is 5.11 Å². The number of hydrogen-bond acceptors (Lipinski definition) is 1. The minimum absolute atomic E-state index is 0.621. The Morgan fingerprint density at radius 2 is 1.94 bits per heavy atom. The molecule has 0 spiro atoms. The van der Waals surface area contributed by atoms with Crippen LogP contribution in [0.2, 0.25) is 0 Å². The zero-order chi connectivity index (χ0) is 12.0. The lowest BCUT2D eigenvalue weighted by Gasteiger charge is -2.26. The third-order valence-corrected chi connectivity index (χ3v) is 2.64. The summed E-state index contributed by atoms with van der Waals surface area (Å²) in [7, 11) is 0. The smallest absolute Gasteiger partial charge is 0.173 e. The number of benzene rings is 1. The second-order valence-corrected chi connectivity index (χ2v) is 4.62. The van der Waals surface area contributed by atoms with Crippen molar-refractivity contribution in [2.45, 2.75) is 20.8 Å². The molecule has 16 heavy (non-hydrogen) atoms. The molecular weight excluding hydrogens is 216 g/mol. The van der Waals surface area contributed by atoms with Gasteiger partial charge < -0.3 is 10.2 Å². The maximum absolute atomic E-state index is 5.39. The van der Waals surface area contributed by atoms with E-state index in [1.807, 2.05) is 30.3 Å². The summed E-state index contributed by atoms with van der Waals surface area (Å²) in [5.74, 6) is 0.621. The summed E-state index contributed by atoms with van der Waals surface area (Å²) in [6, 6.07) is 10.1. The largest absolute Gasteiger partial charge is 0.349 e. The monoisotopic (exact) mass is 236 g/mol. The van der Waals surface area contributed by atoms with Crippen LogP contribution in [0.15, 0.2) is 30.3 Å². The lowest BCUT2D eigenvalue weighted by atomic mass is 10.2. The predicted octanol–water partition coefficient (Wildman–Crippen LogP) is 3.36. The zero-order valence-electron chi connectivity index (χ0n) is 10.2. The van der Waals surface area contributed by atoms with E-state index >= 15 is 0 Å². The predicted molar refractivity (Wildman–Crippen MR) is 74.7 cm³/mol. The summed E-state index contributed by atoms with van der Waals surface area (Å²) in [6.45, 7) is 8.47. The van der Waals surface area contributed by atoms with E-state index < -0.39 is 0 Å². The van der Waals surface area contributed by atoms with Gasteiger partial charge in [0.25, 0.3) is 0 Å². The van der Waals surface area contributed by atoms with Crippen LogP contribution in [0, 0.1) is 5.92 Å². The third-order valence-electron chi connectivity index (χ3n) is 2.28. The Morgan fingerprint density at radius 3 is 2.44 bits per heavy atom. The Labute approximate surface area is 104 Å². The molecular formula is C13H20N2S. The third kappa shape index (κ3) is 4.19. The summed E-state index contributed by atoms with van der Waals surface area (Å²) in [5, 5.41) is 4.06. The number of para-hydroxylation sites is 1. The molecule has 88 valence electrons. The molecule has 0 aliphatic carbocycles. The summed E-state index contributed by atoms with van der Waals surface area (Å²) >= 11 is 5.39. The van der Waals surface area contributed by atoms with Gasteiger partial charge in [-0.1, -0.05) is 32.0 Å². The van der Waals surface area contributed by atoms with Crippen LogP contribution >= 0.6 is 12.2 Å². The number of nitrogens with one attached hydrogen (secondary N) is 1. The van der Waals surface area contributed by atoms with Crippen molar-refractivity contribution in [3.8, 4) is 0 Å². The summed E-state index contributed by atoms with van der Waals surface area (Å²) in [4.78, 5) is 2.19. The van der Waals surface area contributed by atoms with E-state index in [9.17, 15) is 0 Å².